The monoisotopic (exact) mass is 1190 g/mol. The molecule has 0 spiro atoms. The maximum atomic E-state index is 10.5. The molecular weight excluding hydrogens is 1100 g/mol. The van der Waals surface area contributed by atoms with E-state index in [-0.39, 0.29) is 114 Å². The Morgan fingerprint density at radius 3 is 0.776 bits per heavy atom. The second-order valence-electron chi connectivity index (χ2n) is 15.6. The standard InChI is InChI=1S/C48H90O24S2.2K/c1-2-46-7-8-47(71-41-39-69-37-35-67-33-31-65-29-27-63-25-23-61-21-19-59-17-15-57-13-11-55-9-3-5-43-73(49,50)51)45-48(46)72-42-40-70-38-36-68-34-32-66-30-28-64-26-24-62-22-20-60-18-16-58-14-12-56-10-4-6-44-74(52,53)54;;/h7-8,45H,2-6,9-44H2,1H3,(H,49,50,51)(H,52,53,54);;/q;2*+1/p-2. The topological polar surface area (TPSA) is 281 Å². The first-order valence-electron chi connectivity index (χ1n) is 25.6. The number of hydrogen-bond donors (Lipinski definition) is 0. The average molecular weight is 1190 g/mol. The molecular formula is C48H88K2O24S2. The predicted octanol–water partition coefficient (Wildman–Crippen LogP) is -4.07. The Labute approximate surface area is 538 Å². The van der Waals surface area contributed by atoms with Crippen LogP contribution in [0, 0.1) is 0 Å². The van der Waals surface area contributed by atoms with Gasteiger partial charge in [0, 0.05) is 30.8 Å². The summed E-state index contributed by atoms with van der Waals surface area (Å²) in [5, 5.41) is 0. The molecule has 0 saturated heterocycles. The molecule has 0 aliphatic carbocycles. The van der Waals surface area contributed by atoms with Crippen LogP contribution in [0.3, 0.4) is 0 Å². The van der Waals surface area contributed by atoms with Gasteiger partial charge in [0.1, 0.15) is 24.7 Å². The van der Waals surface area contributed by atoms with E-state index in [1.807, 2.05) is 18.2 Å². The Bertz CT molecular complexity index is 1580. The van der Waals surface area contributed by atoms with E-state index in [0.29, 0.717) is 256 Å². The van der Waals surface area contributed by atoms with Crippen molar-refractivity contribution in [3.05, 3.63) is 23.8 Å². The zero-order valence-corrected chi connectivity index (χ0v) is 53.7. The second kappa shape index (κ2) is 60.9. The molecule has 0 aromatic heterocycles. The van der Waals surface area contributed by atoms with Crippen LogP contribution in [-0.2, 0) is 102 Å². The minimum atomic E-state index is -4.15. The van der Waals surface area contributed by atoms with Gasteiger partial charge in [-0.2, -0.15) is 0 Å². The van der Waals surface area contributed by atoms with Gasteiger partial charge >= 0.3 is 103 Å². The summed E-state index contributed by atoms with van der Waals surface area (Å²) in [7, 11) is -8.31. The number of aryl methyl sites for hydroxylation is 1. The van der Waals surface area contributed by atoms with Crippen molar-refractivity contribution >= 4 is 20.2 Å². The van der Waals surface area contributed by atoms with E-state index in [1.165, 1.54) is 0 Å². The Morgan fingerprint density at radius 1 is 0.316 bits per heavy atom. The Balaban J connectivity index is 0. The van der Waals surface area contributed by atoms with Crippen molar-refractivity contribution in [2.24, 2.45) is 0 Å². The van der Waals surface area contributed by atoms with Crippen molar-refractivity contribution in [2.45, 2.75) is 39.0 Å². The van der Waals surface area contributed by atoms with E-state index in [0.717, 1.165) is 17.7 Å². The van der Waals surface area contributed by atoms with Gasteiger partial charge in [0.25, 0.3) is 0 Å². The summed E-state index contributed by atoms with van der Waals surface area (Å²) >= 11 is 0. The van der Waals surface area contributed by atoms with Gasteiger partial charge in [0.15, 0.2) is 0 Å². The quantitative estimate of drug-likeness (QED) is 0.0341. The van der Waals surface area contributed by atoms with Gasteiger partial charge in [0.2, 0.25) is 0 Å². The number of ether oxygens (including phenoxy) is 18. The van der Waals surface area contributed by atoms with Gasteiger partial charge < -0.3 is 94.4 Å². The van der Waals surface area contributed by atoms with E-state index < -0.39 is 20.2 Å². The molecule has 1 aromatic carbocycles. The SMILES string of the molecule is CCc1ccc(OCCOCCOCCOCCOCCOCCOCCOCCOCCCCS(=O)(=O)[O-])cc1OCCOCCOCCOCCOCCOCCOCCOCCOCCCCS(=O)(=O)[O-].[K+].[K+]. The summed E-state index contributed by atoms with van der Waals surface area (Å²) in [5.74, 6) is 0.735. The molecule has 28 heteroatoms. The van der Waals surface area contributed by atoms with Crippen LogP contribution in [0.15, 0.2) is 18.2 Å². The van der Waals surface area contributed by atoms with Crippen LogP contribution in [0.4, 0.5) is 0 Å². The summed E-state index contributed by atoms with van der Waals surface area (Å²) < 4.78 is 163. The zero-order valence-electron chi connectivity index (χ0n) is 45.8. The van der Waals surface area contributed by atoms with Crippen molar-refractivity contribution < 1.29 is 214 Å². The molecule has 0 saturated carbocycles. The summed E-state index contributed by atoms with van der Waals surface area (Å²) in [5.41, 5.74) is 1.08. The third-order valence-electron chi connectivity index (χ3n) is 9.48. The number of unbranched alkanes of at least 4 members (excludes halogenated alkanes) is 2. The molecule has 0 aliphatic heterocycles. The summed E-state index contributed by atoms with van der Waals surface area (Å²) in [6.07, 6.45) is 2.45. The van der Waals surface area contributed by atoms with Crippen LogP contribution in [0.5, 0.6) is 11.5 Å². The summed E-state index contributed by atoms with van der Waals surface area (Å²) in [6, 6.07) is 5.81. The van der Waals surface area contributed by atoms with E-state index in [1.54, 1.807) is 0 Å². The maximum absolute atomic E-state index is 10.5. The first kappa shape index (κ1) is 79.3. The normalized spacial score (nSPS) is 11.7. The van der Waals surface area contributed by atoms with Crippen LogP contribution in [-0.4, -0.2) is 262 Å². The first-order chi connectivity index (χ1) is 36.1. The molecule has 0 unspecified atom stereocenters. The van der Waals surface area contributed by atoms with Crippen molar-refractivity contribution in [2.75, 3.05) is 236 Å². The van der Waals surface area contributed by atoms with Gasteiger partial charge in [-0.3, -0.25) is 0 Å². The average Bonchev–Trinajstić information content (AvgIpc) is 3.37. The molecule has 0 fully saturated rings. The molecule has 0 bridgehead atoms. The van der Waals surface area contributed by atoms with E-state index >= 15 is 0 Å². The maximum Gasteiger partial charge on any atom is 1.00 e. The molecule has 0 heterocycles. The Hall–Kier alpha value is 1.27. The van der Waals surface area contributed by atoms with Gasteiger partial charge in [-0.25, -0.2) is 16.8 Å². The third kappa shape index (κ3) is 61.3. The van der Waals surface area contributed by atoms with Crippen molar-refractivity contribution in [3.63, 3.8) is 0 Å². The number of hydrogen-bond acceptors (Lipinski definition) is 24. The van der Waals surface area contributed by atoms with Crippen molar-refractivity contribution in [3.8, 4) is 11.5 Å². The molecule has 0 aliphatic rings. The molecule has 438 valence electrons. The fourth-order valence-corrected chi connectivity index (χ4v) is 6.84. The predicted molar refractivity (Wildman–Crippen MR) is 268 cm³/mol. The second-order valence-corrected chi connectivity index (χ2v) is 18.6. The third-order valence-corrected chi connectivity index (χ3v) is 11.1. The van der Waals surface area contributed by atoms with Crippen molar-refractivity contribution in [1.29, 1.82) is 0 Å². The van der Waals surface area contributed by atoms with E-state index in [4.69, 9.17) is 85.3 Å². The first-order valence-corrected chi connectivity index (χ1v) is 28.8. The van der Waals surface area contributed by atoms with E-state index in [2.05, 4.69) is 6.92 Å². The fourth-order valence-electron chi connectivity index (χ4n) is 5.73. The smallest absolute Gasteiger partial charge is 0.748 e. The van der Waals surface area contributed by atoms with Gasteiger partial charge in [0.05, 0.1) is 218 Å². The summed E-state index contributed by atoms with van der Waals surface area (Å²) in [4.78, 5) is 0. The van der Waals surface area contributed by atoms with Crippen LogP contribution < -0.4 is 112 Å². The Kier molecular flexibility index (Phi) is 63.5. The minimum absolute atomic E-state index is 0. The molecule has 1 rings (SSSR count). The van der Waals surface area contributed by atoms with Gasteiger partial charge in [-0.1, -0.05) is 13.0 Å². The van der Waals surface area contributed by atoms with Crippen LogP contribution in [0.1, 0.15) is 38.2 Å². The molecule has 1 aromatic rings. The minimum Gasteiger partial charge on any atom is -0.748 e. The largest absolute Gasteiger partial charge is 1.00 e. The molecule has 0 N–H and O–H groups in total. The zero-order chi connectivity index (χ0) is 53.6. The summed E-state index contributed by atoms with van der Waals surface area (Å²) in [6.45, 7) is 16.8. The van der Waals surface area contributed by atoms with Gasteiger partial charge in [-0.15, -0.1) is 0 Å². The molecule has 24 nitrogen and oxygen atoms in total. The van der Waals surface area contributed by atoms with Gasteiger partial charge in [-0.05, 0) is 43.7 Å². The molecule has 0 radical (unpaired) electrons. The molecule has 0 atom stereocenters. The number of rotatable bonds is 61. The van der Waals surface area contributed by atoms with Crippen LogP contribution in [0.2, 0.25) is 0 Å². The van der Waals surface area contributed by atoms with Crippen molar-refractivity contribution in [1.82, 2.24) is 0 Å². The van der Waals surface area contributed by atoms with E-state index in [9.17, 15) is 25.9 Å². The van der Waals surface area contributed by atoms with Crippen LogP contribution >= 0.6 is 0 Å². The molecule has 0 amide bonds. The van der Waals surface area contributed by atoms with Crippen LogP contribution in [0.25, 0.3) is 0 Å². The molecule has 76 heavy (non-hydrogen) atoms. The fraction of sp³-hybridized carbons (Fsp3) is 0.875. The number of benzene rings is 1. The Morgan fingerprint density at radius 2 is 0.539 bits per heavy atom.